The molecular weight excluding hydrogens is 331 g/mol. The van der Waals surface area contributed by atoms with Crippen LogP contribution in [0.5, 0.6) is 0 Å². The van der Waals surface area contributed by atoms with Crippen LogP contribution in [0.1, 0.15) is 20.3 Å². The minimum atomic E-state index is -1.38. The Kier molecular flexibility index (Phi) is 5.52. The minimum Gasteiger partial charge on any atom is -0.543 e. The molecule has 5 atom stereocenters. The van der Waals surface area contributed by atoms with E-state index in [-0.39, 0.29) is 64.3 Å². The number of nitrogens with zero attached hydrogens (tertiary/aromatic N) is 1. The first kappa shape index (κ1) is 18.8. The van der Waals surface area contributed by atoms with E-state index in [1.165, 1.54) is 23.6 Å². The topological polar surface area (TPSA) is 110 Å². The smallest absolute Gasteiger partial charge is 0.543 e. The third-order valence-corrected chi connectivity index (χ3v) is 6.02. The van der Waals surface area contributed by atoms with Crippen molar-refractivity contribution in [3.8, 4) is 0 Å². The van der Waals surface area contributed by atoms with Crippen LogP contribution in [0, 0.1) is 11.8 Å². The van der Waals surface area contributed by atoms with Crippen molar-refractivity contribution in [2.24, 2.45) is 11.8 Å². The van der Waals surface area contributed by atoms with Crippen LogP contribution in [0.3, 0.4) is 0 Å². The van der Waals surface area contributed by atoms with E-state index in [2.05, 4.69) is 5.32 Å². The second-order valence-electron chi connectivity index (χ2n) is 6.00. The first-order valence-corrected chi connectivity index (χ1v) is 8.11. The Hall–Kier alpha value is -0.540. The summed E-state index contributed by atoms with van der Waals surface area (Å²) in [5.74, 6) is -2.58. The van der Waals surface area contributed by atoms with Crippen molar-refractivity contribution in [2.75, 3.05) is 6.54 Å². The van der Waals surface area contributed by atoms with Crippen LogP contribution in [0.4, 0.5) is 0 Å². The minimum absolute atomic E-state index is 0. The molecule has 0 saturated carbocycles. The third kappa shape index (κ3) is 2.95. The number of nitrogens with one attached hydrogen (secondary N) is 1. The van der Waals surface area contributed by atoms with Gasteiger partial charge in [0, 0.05) is 29.0 Å². The van der Waals surface area contributed by atoms with Gasteiger partial charge in [-0.05, 0) is 6.92 Å². The standard InChI is InChI=1S/C14H18N2O5S.Na/c1-5-10-9(6(2)17)13(19)16(10)11(14(20)21)12(5)22-7-3-8(18)15-4-7;/h5-7,9-10,17H,3-4H2,1-2H3,(H,15,18)(H,20,21);/q;+1/p-1/t5?,6-,7?,9?,10-;/m1./s1. The van der Waals surface area contributed by atoms with Crippen LogP contribution in [0.2, 0.25) is 0 Å². The van der Waals surface area contributed by atoms with Gasteiger partial charge in [0.25, 0.3) is 0 Å². The first-order valence-electron chi connectivity index (χ1n) is 7.23. The molecule has 9 heteroatoms. The summed E-state index contributed by atoms with van der Waals surface area (Å²) in [4.78, 5) is 36.7. The van der Waals surface area contributed by atoms with Gasteiger partial charge in [-0.2, -0.15) is 0 Å². The number of fused-ring (bicyclic) bond motifs is 1. The number of rotatable bonds is 4. The largest absolute Gasteiger partial charge is 1.00 e. The van der Waals surface area contributed by atoms with Crippen LogP contribution in [-0.2, 0) is 14.4 Å². The number of aliphatic carboxylic acids is 1. The molecule has 7 nitrogen and oxygen atoms in total. The van der Waals surface area contributed by atoms with Crippen LogP contribution in [0.25, 0.3) is 0 Å². The molecule has 0 spiro atoms. The van der Waals surface area contributed by atoms with E-state index in [0.29, 0.717) is 17.9 Å². The number of carboxylic acid groups (broad SMARTS) is 1. The maximum atomic E-state index is 12.1. The third-order valence-electron chi connectivity index (χ3n) is 4.54. The van der Waals surface area contributed by atoms with Crippen molar-refractivity contribution in [1.82, 2.24) is 10.2 Å². The average Bonchev–Trinajstić information content (AvgIpc) is 2.92. The molecule has 0 aromatic rings. The number of carboxylic acids is 1. The number of carbonyl (C=O) groups is 3. The molecule has 2 saturated heterocycles. The monoisotopic (exact) mass is 348 g/mol. The number of β-lactam (4-membered cyclic amide) rings is 1. The van der Waals surface area contributed by atoms with Gasteiger partial charge >= 0.3 is 29.6 Å². The van der Waals surface area contributed by atoms with Crippen molar-refractivity contribution >= 4 is 29.5 Å². The van der Waals surface area contributed by atoms with Gasteiger partial charge in [-0.25, -0.2) is 0 Å². The second kappa shape index (κ2) is 6.76. The molecule has 0 aliphatic carbocycles. The summed E-state index contributed by atoms with van der Waals surface area (Å²) in [7, 11) is 0. The Balaban J connectivity index is 0.00000192. The maximum Gasteiger partial charge on any atom is 1.00 e. The molecule has 23 heavy (non-hydrogen) atoms. The van der Waals surface area contributed by atoms with E-state index in [1.54, 1.807) is 0 Å². The average molecular weight is 348 g/mol. The molecule has 3 heterocycles. The Morgan fingerprint density at radius 3 is 2.61 bits per heavy atom. The summed E-state index contributed by atoms with van der Waals surface area (Å²) in [5.41, 5.74) is -0.0938. The first-order chi connectivity index (χ1) is 10.3. The SMILES string of the molecule is CC1C(SC2CNC(=O)C2)=C(C(=O)[O-])N2C(=O)C([C@@H](C)O)[C@@H]12.[Na+]. The fraction of sp³-hybridized carbons (Fsp3) is 0.643. The fourth-order valence-electron chi connectivity index (χ4n) is 3.51. The van der Waals surface area contributed by atoms with Gasteiger partial charge in [0.05, 0.1) is 29.7 Å². The van der Waals surface area contributed by atoms with Gasteiger partial charge in [0.2, 0.25) is 11.8 Å². The summed E-state index contributed by atoms with van der Waals surface area (Å²) in [6, 6.07) is -0.340. The Morgan fingerprint density at radius 2 is 2.13 bits per heavy atom. The number of amides is 2. The van der Waals surface area contributed by atoms with Crippen LogP contribution in [0.15, 0.2) is 10.6 Å². The van der Waals surface area contributed by atoms with Gasteiger partial charge in [0.15, 0.2) is 0 Å². The Bertz CT molecular complexity index is 594. The van der Waals surface area contributed by atoms with E-state index in [4.69, 9.17) is 0 Å². The van der Waals surface area contributed by atoms with Crippen molar-refractivity contribution in [3.63, 3.8) is 0 Å². The van der Waals surface area contributed by atoms with Crippen LogP contribution in [-0.4, -0.2) is 51.7 Å². The molecule has 3 aliphatic heterocycles. The second-order valence-corrected chi connectivity index (χ2v) is 7.34. The summed E-state index contributed by atoms with van der Waals surface area (Å²) >= 11 is 1.33. The number of thioether (sulfide) groups is 1. The normalized spacial score (nSPS) is 33.8. The molecule has 0 radical (unpaired) electrons. The van der Waals surface area contributed by atoms with Gasteiger partial charge in [-0.3, -0.25) is 9.59 Å². The summed E-state index contributed by atoms with van der Waals surface area (Å²) in [6.45, 7) is 3.87. The zero-order valence-electron chi connectivity index (χ0n) is 13.2. The number of hydrogen-bond acceptors (Lipinski definition) is 6. The van der Waals surface area contributed by atoms with E-state index in [0.717, 1.165) is 0 Å². The van der Waals surface area contributed by atoms with E-state index < -0.39 is 18.0 Å². The molecule has 2 fully saturated rings. The number of carbonyl (C=O) groups excluding carboxylic acids is 3. The summed E-state index contributed by atoms with van der Waals surface area (Å²) in [5, 5.41) is 23.9. The predicted octanol–water partition coefficient (Wildman–Crippen LogP) is -4.57. The molecule has 0 aromatic carbocycles. The van der Waals surface area contributed by atoms with Gasteiger partial charge in [0.1, 0.15) is 0 Å². The molecule has 3 rings (SSSR count). The predicted molar refractivity (Wildman–Crippen MR) is 76.0 cm³/mol. The molecule has 0 aromatic heterocycles. The van der Waals surface area contributed by atoms with Gasteiger partial charge in [-0.15, -0.1) is 11.8 Å². The Morgan fingerprint density at radius 1 is 1.48 bits per heavy atom. The number of aliphatic hydroxyl groups excluding tert-OH is 1. The zero-order valence-corrected chi connectivity index (χ0v) is 16.1. The summed E-state index contributed by atoms with van der Waals surface area (Å²) in [6.07, 6.45) is -0.488. The van der Waals surface area contributed by atoms with Gasteiger partial charge < -0.3 is 25.2 Å². The van der Waals surface area contributed by atoms with Crippen LogP contribution < -0.4 is 40.0 Å². The molecule has 120 valence electrons. The van der Waals surface area contributed by atoms with E-state index >= 15 is 0 Å². The molecule has 2 N–H and O–H groups in total. The fourth-order valence-corrected chi connectivity index (χ4v) is 4.92. The van der Waals surface area contributed by atoms with Crippen molar-refractivity contribution in [1.29, 1.82) is 0 Å². The molecular formula is C14H17N2NaO5S. The summed E-state index contributed by atoms with van der Waals surface area (Å²) < 4.78 is 0. The molecule has 3 unspecified atom stereocenters. The van der Waals surface area contributed by atoms with Crippen molar-refractivity contribution < 1.29 is 54.2 Å². The number of aliphatic hydroxyl groups is 1. The quantitative estimate of drug-likeness (QED) is 0.391. The van der Waals surface area contributed by atoms with Crippen molar-refractivity contribution in [2.45, 2.75) is 37.7 Å². The van der Waals surface area contributed by atoms with Crippen molar-refractivity contribution in [3.05, 3.63) is 10.6 Å². The molecule has 3 aliphatic rings. The van der Waals surface area contributed by atoms with E-state index in [1.807, 2.05) is 6.92 Å². The van der Waals surface area contributed by atoms with E-state index in [9.17, 15) is 24.6 Å². The molecule has 2 amide bonds. The maximum absolute atomic E-state index is 12.1. The Labute approximate surface area is 160 Å². The number of hydrogen-bond donors (Lipinski definition) is 2. The zero-order chi connectivity index (χ0) is 16.2. The molecule has 0 bridgehead atoms. The van der Waals surface area contributed by atoms with Gasteiger partial charge in [-0.1, -0.05) is 6.92 Å². The van der Waals surface area contributed by atoms with Crippen LogP contribution >= 0.6 is 11.8 Å².